The zero-order valence-electron chi connectivity index (χ0n) is 14.0. The molecular weight excluding hydrogens is 304 g/mol. The lowest BCUT2D eigenvalue weighted by atomic mass is 9.93. The van der Waals surface area contributed by atoms with Crippen molar-refractivity contribution in [3.05, 3.63) is 60.2 Å². The van der Waals surface area contributed by atoms with E-state index in [0.29, 0.717) is 13.1 Å². The van der Waals surface area contributed by atoms with Gasteiger partial charge in [-0.1, -0.05) is 55.9 Å². The lowest BCUT2D eigenvalue weighted by Gasteiger charge is -2.29. The van der Waals surface area contributed by atoms with Crippen molar-refractivity contribution in [2.24, 2.45) is 11.1 Å². The molecule has 0 fully saturated rings. The Morgan fingerprint density at radius 2 is 1.70 bits per heavy atom. The van der Waals surface area contributed by atoms with E-state index in [0.717, 1.165) is 15.4 Å². The number of carbonyl (C=O) groups excluding carboxylic acids is 1. The van der Waals surface area contributed by atoms with Crippen LogP contribution in [0.3, 0.4) is 0 Å². The maximum Gasteiger partial charge on any atom is 0.254 e. The summed E-state index contributed by atoms with van der Waals surface area (Å²) in [5.74, 6) is 0.0329. The molecule has 0 unspecified atom stereocenters. The summed E-state index contributed by atoms with van der Waals surface area (Å²) >= 11 is 1.61. The molecule has 0 saturated carbocycles. The number of amides is 1. The largest absolute Gasteiger partial charge is 0.341 e. The molecule has 0 radical (unpaired) electrons. The van der Waals surface area contributed by atoms with Crippen molar-refractivity contribution >= 4 is 17.7 Å². The second-order valence-electron chi connectivity index (χ2n) is 6.44. The number of hydrogen-bond donors (Lipinski definition) is 1. The zero-order chi connectivity index (χ0) is 16.9. The molecule has 0 spiro atoms. The van der Waals surface area contributed by atoms with Crippen molar-refractivity contribution in [3.8, 4) is 0 Å². The first-order valence-electron chi connectivity index (χ1n) is 7.70. The monoisotopic (exact) mass is 328 g/mol. The zero-order valence-corrected chi connectivity index (χ0v) is 14.8. The van der Waals surface area contributed by atoms with Gasteiger partial charge in [0.25, 0.3) is 5.91 Å². The number of rotatable bonds is 6. The van der Waals surface area contributed by atoms with Crippen LogP contribution in [-0.4, -0.2) is 30.9 Å². The molecule has 4 heteroatoms. The summed E-state index contributed by atoms with van der Waals surface area (Å²) < 4.78 is 0. The van der Waals surface area contributed by atoms with Crippen LogP contribution in [0.15, 0.2) is 64.4 Å². The van der Waals surface area contributed by atoms with Crippen molar-refractivity contribution in [2.45, 2.75) is 23.6 Å². The SMILES string of the molecule is CN(CC(C)(C)CN)C(=O)c1ccccc1Sc1ccccc1. The smallest absolute Gasteiger partial charge is 0.254 e. The minimum absolute atomic E-state index is 0.0329. The van der Waals surface area contributed by atoms with Gasteiger partial charge in [0.05, 0.1) is 5.56 Å². The van der Waals surface area contributed by atoms with Gasteiger partial charge >= 0.3 is 0 Å². The Labute approximate surface area is 142 Å². The van der Waals surface area contributed by atoms with Crippen molar-refractivity contribution < 1.29 is 4.79 Å². The molecule has 0 bridgehead atoms. The standard InChI is InChI=1S/C19H24N2OS/c1-19(2,13-20)14-21(3)18(22)16-11-7-8-12-17(16)23-15-9-5-4-6-10-15/h4-12H,13-14,20H2,1-3H3. The van der Waals surface area contributed by atoms with Crippen LogP contribution >= 0.6 is 11.8 Å². The Hall–Kier alpha value is -1.78. The van der Waals surface area contributed by atoms with E-state index >= 15 is 0 Å². The number of benzene rings is 2. The molecule has 3 nitrogen and oxygen atoms in total. The maximum absolute atomic E-state index is 12.8. The topological polar surface area (TPSA) is 46.3 Å². The van der Waals surface area contributed by atoms with E-state index in [2.05, 4.69) is 13.8 Å². The Morgan fingerprint density at radius 1 is 1.09 bits per heavy atom. The van der Waals surface area contributed by atoms with E-state index in [9.17, 15) is 4.79 Å². The second-order valence-corrected chi connectivity index (χ2v) is 7.56. The molecular formula is C19H24N2OS. The van der Waals surface area contributed by atoms with Crippen LogP contribution in [0.5, 0.6) is 0 Å². The third-order valence-electron chi connectivity index (χ3n) is 3.65. The quantitative estimate of drug-likeness (QED) is 0.875. The number of carbonyl (C=O) groups is 1. The molecule has 0 aliphatic rings. The molecule has 0 aromatic heterocycles. The first-order valence-corrected chi connectivity index (χ1v) is 8.52. The van der Waals surface area contributed by atoms with Gasteiger partial charge in [-0.3, -0.25) is 4.79 Å². The van der Waals surface area contributed by atoms with E-state index in [1.807, 2.05) is 61.6 Å². The predicted octanol–water partition coefficient (Wildman–Crippen LogP) is 3.89. The Kier molecular flexibility index (Phi) is 5.85. The molecule has 2 aromatic rings. The van der Waals surface area contributed by atoms with Gasteiger partial charge in [-0.2, -0.15) is 0 Å². The lowest BCUT2D eigenvalue weighted by Crippen LogP contribution is -2.39. The Balaban J connectivity index is 2.21. The highest BCUT2D eigenvalue weighted by Crippen LogP contribution is 2.31. The van der Waals surface area contributed by atoms with Crippen LogP contribution < -0.4 is 5.73 Å². The van der Waals surface area contributed by atoms with Gasteiger partial charge in [-0.15, -0.1) is 0 Å². The fourth-order valence-electron chi connectivity index (χ4n) is 2.33. The summed E-state index contributed by atoms with van der Waals surface area (Å²) in [6, 6.07) is 17.8. The van der Waals surface area contributed by atoms with E-state index in [4.69, 9.17) is 5.73 Å². The van der Waals surface area contributed by atoms with E-state index < -0.39 is 0 Å². The molecule has 23 heavy (non-hydrogen) atoms. The summed E-state index contributed by atoms with van der Waals surface area (Å²) in [5, 5.41) is 0. The number of nitrogens with two attached hydrogens (primary N) is 1. The van der Waals surface area contributed by atoms with Crippen LogP contribution in [0.25, 0.3) is 0 Å². The van der Waals surface area contributed by atoms with E-state index in [1.165, 1.54) is 0 Å². The van der Waals surface area contributed by atoms with Crippen LogP contribution in [0.4, 0.5) is 0 Å². The molecule has 2 aromatic carbocycles. The Morgan fingerprint density at radius 3 is 2.35 bits per heavy atom. The third-order valence-corrected chi connectivity index (χ3v) is 4.74. The van der Waals surface area contributed by atoms with Crippen LogP contribution in [0.2, 0.25) is 0 Å². The highest BCUT2D eigenvalue weighted by molar-refractivity contribution is 7.99. The molecule has 0 atom stereocenters. The fraction of sp³-hybridized carbons (Fsp3) is 0.316. The first-order chi connectivity index (χ1) is 10.9. The van der Waals surface area contributed by atoms with Crippen molar-refractivity contribution in [1.29, 1.82) is 0 Å². The average molecular weight is 328 g/mol. The summed E-state index contributed by atoms with van der Waals surface area (Å²) in [7, 11) is 1.84. The summed E-state index contributed by atoms with van der Waals surface area (Å²) in [4.78, 5) is 16.7. The summed E-state index contributed by atoms with van der Waals surface area (Å²) in [6.07, 6.45) is 0. The molecule has 122 valence electrons. The third kappa shape index (κ3) is 4.85. The molecule has 0 aliphatic heterocycles. The summed E-state index contributed by atoms with van der Waals surface area (Å²) in [5.41, 5.74) is 6.43. The van der Waals surface area contributed by atoms with Gasteiger partial charge in [0.15, 0.2) is 0 Å². The minimum atomic E-state index is -0.0913. The molecule has 0 heterocycles. The van der Waals surface area contributed by atoms with E-state index in [-0.39, 0.29) is 11.3 Å². The molecule has 1 amide bonds. The molecule has 2 rings (SSSR count). The van der Waals surface area contributed by atoms with Gasteiger partial charge in [0, 0.05) is 23.4 Å². The lowest BCUT2D eigenvalue weighted by molar-refractivity contribution is 0.0737. The van der Waals surface area contributed by atoms with Gasteiger partial charge in [-0.05, 0) is 36.2 Å². The van der Waals surface area contributed by atoms with Crippen LogP contribution in [-0.2, 0) is 0 Å². The second kappa shape index (κ2) is 7.66. The van der Waals surface area contributed by atoms with Gasteiger partial charge in [0.1, 0.15) is 0 Å². The highest BCUT2D eigenvalue weighted by atomic mass is 32.2. The van der Waals surface area contributed by atoms with Crippen molar-refractivity contribution in [3.63, 3.8) is 0 Å². The normalized spacial score (nSPS) is 11.3. The predicted molar refractivity (Wildman–Crippen MR) is 96.8 cm³/mol. The van der Waals surface area contributed by atoms with Crippen LogP contribution in [0.1, 0.15) is 24.2 Å². The molecule has 0 saturated heterocycles. The van der Waals surface area contributed by atoms with Gasteiger partial charge < -0.3 is 10.6 Å². The van der Waals surface area contributed by atoms with Crippen molar-refractivity contribution in [2.75, 3.05) is 20.1 Å². The first kappa shape index (κ1) is 17.6. The molecule has 0 aliphatic carbocycles. The average Bonchev–Trinajstić information content (AvgIpc) is 2.55. The summed E-state index contributed by atoms with van der Waals surface area (Å²) in [6.45, 7) is 5.32. The minimum Gasteiger partial charge on any atom is -0.341 e. The van der Waals surface area contributed by atoms with Crippen LogP contribution in [0, 0.1) is 5.41 Å². The van der Waals surface area contributed by atoms with Crippen molar-refractivity contribution in [1.82, 2.24) is 4.90 Å². The number of nitrogens with zero attached hydrogens (tertiary/aromatic N) is 1. The fourth-order valence-corrected chi connectivity index (χ4v) is 3.29. The van der Waals surface area contributed by atoms with Gasteiger partial charge in [0.2, 0.25) is 0 Å². The highest BCUT2D eigenvalue weighted by Gasteiger charge is 2.23. The Bertz CT molecular complexity index is 655. The number of hydrogen-bond acceptors (Lipinski definition) is 3. The van der Waals surface area contributed by atoms with E-state index in [1.54, 1.807) is 16.7 Å². The maximum atomic E-state index is 12.8. The van der Waals surface area contributed by atoms with Gasteiger partial charge in [-0.25, -0.2) is 0 Å². The molecule has 2 N–H and O–H groups in total.